The van der Waals surface area contributed by atoms with Gasteiger partial charge in [0.25, 0.3) is 5.56 Å². The zero-order chi connectivity index (χ0) is 27.2. The number of anilines is 3. The Balaban J connectivity index is 1.47. The van der Waals surface area contributed by atoms with Crippen molar-refractivity contribution in [1.82, 2.24) is 20.1 Å². The van der Waals surface area contributed by atoms with Crippen LogP contribution >= 0.6 is 23.2 Å². The van der Waals surface area contributed by atoms with Crippen molar-refractivity contribution in [3.05, 3.63) is 86.8 Å². The van der Waals surface area contributed by atoms with Crippen LogP contribution in [0.1, 0.15) is 5.56 Å². The molecule has 0 spiro atoms. The molecule has 6 N–H and O–H groups in total. The number of H-pyrrole nitrogens is 1. The number of benzene rings is 2. The SMILES string of the molecule is CNC(=O)Nc1cc(Oc2ccc(NC(=O)Nc3cc(=O)[nH]n3-c3ccc(CO)cc3)c(Cl)c2Cl)ccn1. The number of rotatable bonds is 7. The molecule has 38 heavy (non-hydrogen) atoms. The van der Waals surface area contributed by atoms with E-state index in [1.165, 1.54) is 42.2 Å². The maximum absolute atomic E-state index is 12.7. The van der Waals surface area contributed by atoms with Gasteiger partial charge in [-0.2, -0.15) is 0 Å². The zero-order valence-electron chi connectivity index (χ0n) is 19.7. The van der Waals surface area contributed by atoms with Crippen molar-refractivity contribution in [2.45, 2.75) is 6.61 Å². The second-order valence-electron chi connectivity index (χ2n) is 7.67. The highest BCUT2D eigenvalue weighted by molar-refractivity contribution is 6.45. The Morgan fingerprint density at radius 1 is 1.00 bits per heavy atom. The van der Waals surface area contributed by atoms with E-state index in [9.17, 15) is 19.5 Å². The van der Waals surface area contributed by atoms with E-state index < -0.39 is 17.6 Å². The van der Waals surface area contributed by atoms with E-state index in [-0.39, 0.29) is 39.7 Å². The fourth-order valence-electron chi connectivity index (χ4n) is 3.26. The summed E-state index contributed by atoms with van der Waals surface area (Å²) in [4.78, 5) is 40.2. The number of nitrogens with zero attached hydrogens (tertiary/aromatic N) is 2. The summed E-state index contributed by atoms with van der Waals surface area (Å²) in [5.41, 5.74) is 1.01. The molecule has 0 bridgehead atoms. The number of halogens is 2. The van der Waals surface area contributed by atoms with Gasteiger partial charge < -0.3 is 20.5 Å². The zero-order valence-corrected chi connectivity index (χ0v) is 21.2. The fraction of sp³-hybridized carbons (Fsp3) is 0.0833. The molecule has 4 amide bonds. The van der Waals surface area contributed by atoms with Gasteiger partial charge in [0.15, 0.2) is 0 Å². The highest BCUT2D eigenvalue weighted by atomic mass is 35.5. The van der Waals surface area contributed by atoms with Crippen molar-refractivity contribution in [2.75, 3.05) is 23.0 Å². The first-order chi connectivity index (χ1) is 18.3. The highest BCUT2D eigenvalue weighted by Gasteiger charge is 2.16. The van der Waals surface area contributed by atoms with E-state index in [4.69, 9.17) is 27.9 Å². The summed E-state index contributed by atoms with van der Waals surface area (Å²) in [5.74, 6) is 0.961. The smallest absolute Gasteiger partial charge is 0.324 e. The maximum Gasteiger partial charge on any atom is 0.324 e. The maximum atomic E-state index is 12.7. The number of aromatic nitrogens is 3. The molecule has 12 nitrogen and oxygen atoms in total. The van der Waals surface area contributed by atoms with E-state index in [0.717, 1.165) is 0 Å². The summed E-state index contributed by atoms with van der Waals surface area (Å²) in [5, 5.41) is 22.0. The monoisotopic (exact) mass is 557 g/mol. The number of ether oxygens (including phenoxy) is 1. The first-order valence-electron chi connectivity index (χ1n) is 11.0. The summed E-state index contributed by atoms with van der Waals surface area (Å²) in [6, 6.07) is 12.9. The van der Waals surface area contributed by atoms with E-state index in [1.807, 2.05) is 0 Å². The molecule has 0 aliphatic rings. The Bertz CT molecular complexity index is 1540. The quantitative estimate of drug-likeness (QED) is 0.195. The number of nitrogens with one attached hydrogen (secondary N) is 5. The number of carbonyl (C=O) groups excluding carboxylic acids is 2. The topological polar surface area (TPSA) is 162 Å². The predicted molar refractivity (Wildman–Crippen MR) is 144 cm³/mol. The first-order valence-corrected chi connectivity index (χ1v) is 11.7. The minimum Gasteiger partial charge on any atom is -0.456 e. The van der Waals surface area contributed by atoms with E-state index in [2.05, 4.69) is 31.3 Å². The lowest BCUT2D eigenvalue weighted by Gasteiger charge is -2.14. The normalized spacial score (nSPS) is 10.5. The molecule has 0 aliphatic heterocycles. The molecule has 0 saturated heterocycles. The van der Waals surface area contributed by atoms with Crippen LogP contribution in [-0.4, -0.2) is 39.0 Å². The van der Waals surface area contributed by atoms with Gasteiger partial charge in [0, 0.05) is 25.4 Å². The molecule has 4 aromatic rings. The molecule has 0 radical (unpaired) electrons. The van der Waals surface area contributed by atoms with Gasteiger partial charge in [-0.3, -0.25) is 20.5 Å². The van der Waals surface area contributed by atoms with Crippen LogP contribution in [0.25, 0.3) is 5.69 Å². The highest BCUT2D eigenvalue weighted by Crippen LogP contribution is 2.39. The Labute approximate surface area is 225 Å². The number of aromatic amines is 1. The van der Waals surface area contributed by atoms with Crippen molar-refractivity contribution in [1.29, 1.82) is 0 Å². The molecule has 0 aliphatic carbocycles. The summed E-state index contributed by atoms with van der Waals surface area (Å²) in [6.07, 6.45) is 1.44. The molecule has 0 saturated carbocycles. The molecular formula is C24H21Cl2N7O5. The average Bonchev–Trinajstić information content (AvgIpc) is 3.28. The third kappa shape index (κ3) is 6.24. The van der Waals surface area contributed by atoms with Crippen molar-refractivity contribution < 1.29 is 19.4 Å². The van der Waals surface area contributed by atoms with Crippen LogP contribution < -0.4 is 31.6 Å². The average molecular weight is 558 g/mol. The van der Waals surface area contributed by atoms with Crippen LogP contribution in [0, 0.1) is 0 Å². The Hall–Kier alpha value is -4.52. The molecule has 0 atom stereocenters. The summed E-state index contributed by atoms with van der Waals surface area (Å²) < 4.78 is 7.16. The van der Waals surface area contributed by atoms with Gasteiger partial charge >= 0.3 is 12.1 Å². The third-order valence-electron chi connectivity index (χ3n) is 5.07. The number of carbonyl (C=O) groups is 2. The number of amides is 4. The van der Waals surface area contributed by atoms with Crippen molar-refractivity contribution >= 4 is 52.6 Å². The van der Waals surface area contributed by atoms with Crippen LogP contribution in [0.4, 0.5) is 26.9 Å². The van der Waals surface area contributed by atoms with E-state index in [0.29, 0.717) is 17.0 Å². The number of hydrogen-bond donors (Lipinski definition) is 6. The molecular weight excluding hydrogens is 537 g/mol. The summed E-state index contributed by atoms with van der Waals surface area (Å²) in [6.45, 7) is -0.123. The summed E-state index contributed by atoms with van der Waals surface area (Å²) >= 11 is 12.8. The van der Waals surface area contributed by atoms with Crippen molar-refractivity contribution in [2.24, 2.45) is 0 Å². The second kappa shape index (κ2) is 11.7. The molecule has 0 unspecified atom stereocenters. The number of hydrogen-bond acceptors (Lipinski definition) is 6. The van der Waals surface area contributed by atoms with E-state index in [1.54, 1.807) is 30.3 Å². The molecule has 2 aromatic heterocycles. The van der Waals surface area contributed by atoms with Crippen LogP contribution in [0.2, 0.25) is 10.0 Å². The molecule has 0 fully saturated rings. The predicted octanol–water partition coefficient (Wildman–Crippen LogP) is 4.55. The minimum atomic E-state index is -0.685. The Morgan fingerprint density at radius 3 is 2.47 bits per heavy atom. The first kappa shape index (κ1) is 26.5. The molecule has 2 aromatic carbocycles. The lowest BCUT2D eigenvalue weighted by molar-refractivity contribution is 0.254. The molecule has 14 heteroatoms. The van der Waals surface area contributed by atoms with E-state index >= 15 is 0 Å². The van der Waals surface area contributed by atoms with Gasteiger partial charge in [0.05, 0.1) is 23.0 Å². The van der Waals surface area contributed by atoms with Gasteiger partial charge in [0.2, 0.25) is 0 Å². The van der Waals surface area contributed by atoms with Crippen molar-refractivity contribution in [3.8, 4) is 17.2 Å². The third-order valence-corrected chi connectivity index (χ3v) is 5.94. The number of aliphatic hydroxyl groups is 1. The van der Waals surface area contributed by atoms with Gasteiger partial charge in [-0.25, -0.2) is 19.3 Å². The minimum absolute atomic E-state index is 0.0168. The number of urea groups is 2. The van der Waals surface area contributed by atoms with Gasteiger partial charge in [-0.05, 0) is 35.9 Å². The molecule has 196 valence electrons. The van der Waals surface area contributed by atoms with Crippen LogP contribution in [0.3, 0.4) is 0 Å². The van der Waals surface area contributed by atoms with Crippen LogP contribution in [0.15, 0.2) is 65.6 Å². The van der Waals surface area contributed by atoms with Gasteiger partial charge in [0.1, 0.15) is 28.2 Å². The number of aliphatic hydroxyl groups excluding tert-OH is 1. The lowest BCUT2D eigenvalue weighted by Crippen LogP contribution is -2.24. The van der Waals surface area contributed by atoms with Crippen molar-refractivity contribution in [3.63, 3.8) is 0 Å². The number of pyridine rings is 1. The van der Waals surface area contributed by atoms with Gasteiger partial charge in [-0.15, -0.1) is 0 Å². The van der Waals surface area contributed by atoms with Gasteiger partial charge in [-0.1, -0.05) is 35.3 Å². The Morgan fingerprint density at radius 2 is 1.76 bits per heavy atom. The lowest BCUT2D eigenvalue weighted by atomic mass is 10.2. The standard InChI is InChI=1S/C24H21Cl2N7O5/c1-27-23(36)30-18-10-15(8-9-28-18)38-17-7-6-16(21(25)22(17)26)29-24(37)31-19-11-20(35)32-33(19)14-4-2-13(12-34)3-5-14/h2-11,34H,12H2,1H3,(H,32,35)(H2,29,31,37)(H2,27,28,30,36). The van der Waals surface area contributed by atoms with Crippen LogP contribution in [-0.2, 0) is 6.61 Å². The summed E-state index contributed by atoms with van der Waals surface area (Å²) in [7, 11) is 1.47. The second-order valence-corrected chi connectivity index (χ2v) is 8.42. The fourth-order valence-corrected chi connectivity index (χ4v) is 3.67. The largest absolute Gasteiger partial charge is 0.456 e. The molecule has 4 rings (SSSR count). The van der Waals surface area contributed by atoms with Crippen LogP contribution in [0.5, 0.6) is 11.5 Å². The molecule has 2 heterocycles. The Kier molecular flexibility index (Phi) is 8.16.